The smallest absolute Gasteiger partial charge is 0.256 e. The van der Waals surface area contributed by atoms with Crippen molar-refractivity contribution >= 4 is 23.3 Å². The molecule has 5 heteroatoms. The Labute approximate surface area is 128 Å². The number of halogens is 1. The third-order valence-corrected chi connectivity index (χ3v) is 4.97. The van der Waals surface area contributed by atoms with Crippen LogP contribution in [0.4, 0.5) is 0 Å². The summed E-state index contributed by atoms with van der Waals surface area (Å²) in [5.41, 5.74) is 2.18. The van der Waals surface area contributed by atoms with Crippen LogP contribution >= 0.6 is 11.6 Å². The van der Waals surface area contributed by atoms with Gasteiger partial charge in [-0.05, 0) is 42.7 Å². The van der Waals surface area contributed by atoms with Gasteiger partial charge < -0.3 is 5.32 Å². The molecule has 0 radical (unpaired) electrons. The van der Waals surface area contributed by atoms with Gasteiger partial charge in [-0.3, -0.25) is 9.59 Å². The van der Waals surface area contributed by atoms with Crippen molar-refractivity contribution in [1.82, 2.24) is 10.3 Å². The number of nitrogens with zero attached hydrogens (tertiary/aromatic N) is 1. The Balaban J connectivity index is 1.82. The van der Waals surface area contributed by atoms with Crippen molar-refractivity contribution in [2.24, 2.45) is 17.3 Å². The number of ketones is 1. The number of aromatic nitrogens is 1. The highest BCUT2D eigenvalue weighted by molar-refractivity contribution is 6.29. The van der Waals surface area contributed by atoms with Crippen molar-refractivity contribution < 1.29 is 9.59 Å². The molecule has 1 N–H and O–H groups in total. The highest BCUT2D eigenvalue weighted by atomic mass is 35.5. The van der Waals surface area contributed by atoms with Crippen LogP contribution in [0.15, 0.2) is 29.6 Å². The Morgan fingerprint density at radius 3 is 2.67 bits per heavy atom. The van der Waals surface area contributed by atoms with Crippen LogP contribution in [0.5, 0.6) is 0 Å². The second-order valence-electron chi connectivity index (χ2n) is 6.38. The lowest BCUT2D eigenvalue weighted by molar-refractivity contribution is -0.114. The van der Waals surface area contributed by atoms with Crippen LogP contribution in [0.2, 0.25) is 5.15 Å². The number of carbonyl (C=O) groups is 2. The maximum Gasteiger partial charge on any atom is 0.256 e. The highest BCUT2D eigenvalue weighted by Gasteiger charge is 2.64. The standard InChI is InChI=1S/C16H17ClN2O2/c1-8(20)13-11(6-10-14(13)16(10,2)3)19-15(21)9-4-5-12(17)18-7-9/h4-5,7,10,14H,6H2,1-3H3,(H,19,21). The van der Waals surface area contributed by atoms with Gasteiger partial charge in [-0.15, -0.1) is 0 Å². The van der Waals surface area contributed by atoms with Crippen molar-refractivity contribution in [3.8, 4) is 0 Å². The average Bonchev–Trinajstić information content (AvgIpc) is 2.78. The van der Waals surface area contributed by atoms with E-state index >= 15 is 0 Å². The molecule has 2 aliphatic carbocycles. The van der Waals surface area contributed by atoms with E-state index in [0.29, 0.717) is 16.6 Å². The first-order valence-corrected chi connectivity index (χ1v) is 7.37. The van der Waals surface area contributed by atoms with Crippen molar-refractivity contribution in [2.45, 2.75) is 27.2 Å². The fourth-order valence-corrected chi connectivity index (χ4v) is 3.60. The minimum absolute atomic E-state index is 0.0533. The Kier molecular flexibility index (Phi) is 3.17. The SMILES string of the molecule is CC(=O)C1=C(NC(=O)c2ccc(Cl)nc2)CC2C1C2(C)C. The summed E-state index contributed by atoms with van der Waals surface area (Å²) in [7, 11) is 0. The second-order valence-corrected chi connectivity index (χ2v) is 6.77. The van der Waals surface area contributed by atoms with Gasteiger partial charge >= 0.3 is 0 Å². The van der Waals surface area contributed by atoms with Crippen molar-refractivity contribution in [2.75, 3.05) is 0 Å². The topological polar surface area (TPSA) is 59.1 Å². The highest BCUT2D eigenvalue weighted by Crippen LogP contribution is 2.68. The lowest BCUT2D eigenvalue weighted by Gasteiger charge is -2.15. The molecule has 3 rings (SSSR count). The number of hydrogen-bond acceptors (Lipinski definition) is 3. The van der Waals surface area contributed by atoms with Gasteiger partial charge in [-0.25, -0.2) is 4.98 Å². The zero-order valence-electron chi connectivity index (χ0n) is 12.2. The molecule has 0 spiro atoms. The molecule has 1 fully saturated rings. The predicted molar refractivity (Wildman–Crippen MR) is 79.8 cm³/mol. The molecular weight excluding hydrogens is 288 g/mol. The molecule has 2 unspecified atom stereocenters. The van der Waals surface area contributed by atoms with E-state index in [1.54, 1.807) is 19.1 Å². The summed E-state index contributed by atoms with van der Waals surface area (Å²) < 4.78 is 0. The average molecular weight is 305 g/mol. The van der Waals surface area contributed by atoms with E-state index in [1.807, 2.05) is 0 Å². The number of hydrogen-bond donors (Lipinski definition) is 1. The van der Waals surface area contributed by atoms with E-state index in [2.05, 4.69) is 24.1 Å². The molecule has 2 atom stereocenters. The fraction of sp³-hybridized carbons (Fsp3) is 0.438. The van der Waals surface area contributed by atoms with E-state index in [-0.39, 0.29) is 23.0 Å². The van der Waals surface area contributed by atoms with Gasteiger partial charge in [0, 0.05) is 17.5 Å². The molecular formula is C16H17ClN2O2. The van der Waals surface area contributed by atoms with E-state index in [0.717, 1.165) is 17.7 Å². The molecule has 4 nitrogen and oxygen atoms in total. The normalized spacial score (nSPS) is 25.5. The molecule has 1 aromatic rings. The lowest BCUT2D eigenvalue weighted by atomic mass is 9.96. The number of carbonyl (C=O) groups excluding carboxylic acids is 2. The lowest BCUT2D eigenvalue weighted by Crippen LogP contribution is -2.25. The summed E-state index contributed by atoms with van der Waals surface area (Å²) in [6.07, 6.45) is 2.20. The number of amides is 1. The molecule has 2 aliphatic rings. The number of allylic oxidation sites excluding steroid dienone is 2. The zero-order chi connectivity index (χ0) is 15.4. The van der Waals surface area contributed by atoms with Crippen molar-refractivity contribution in [1.29, 1.82) is 0 Å². The largest absolute Gasteiger partial charge is 0.325 e. The summed E-state index contributed by atoms with van der Waals surface area (Å²) in [4.78, 5) is 28.0. The van der Waals surface area contributed by atoms with Gasteiger partial charge in [0.05, 0.1) is 5.56 Å². The summed E-state index contributed by atoms with van der Waals surface area (Å²) >= 11 is 5.71. The minimum Gasteiger partial charge on any atom is -0.325 e. The Hall–Kier alpha value is -1.68. The predicted octanol–water partition coefficient (Wildman–Crippen LogP) is 2.98. The Bertz CT molecular complexity index is 661. The quantitative estimate of drug-likeness (QED) is 0.873. The van der Waals surface area contributed by atoms with Crippen LogP contribution in [0.3, 0.4) is 0 Å². The van der Waals surface area contributed by atoms with Gasteiger partial charge in [0.25, 0.3) is 5.91 Å². The first-order chi connectivity index (χ1) is 9.82. The molecule has 1 saturated carbocycles. The first-order valence-electron chi connectivity index (χ1n) is 6.99. The van der Waals surface area contributed by atoms with Crippen LogP contribution in [0.1, 0.15) is 37.6 Å². The van der Waals surface area contributed by atoms with Crippen molar-refractivity contribution in [3.63, 3.8) is 0 Å². The van der Waals surface area contributed by atoms with E-state index in [9.17, 15) is 9.59 Å². The van der Waals surface area contributed by atoms with Crippen LogP contribution < -0.4 is 5.32 Å². The molecule has 110 valence electrons. The van der Waals surface area contributed by atoms with Crippen LogP contribution in [0, 0.1) is 17.3 Å². The number of fused-ring (bicyclic) bond motifs is 1. The minimum atomic E-state index is -0.243. The number of rotatable bonds is 3. The van der Waals surface area contributed by atoms with Gasteiger partial charge in [0.1, 0.15) is 5.15 Å². The molecule has 0 bridgehead atoms. The molecule has 1 heterocycles. The Morgan fingerprint density at radius 1 is 1.38 bits per heavy atom. The van der Waals surface area contributed by atoms with Crippen LogP contribution in [-0.2, 0) is 4.79 Å². The number of nitrogens with one attached hydrogen (secondary N) is 1. The zero-order valence-corrected chi connectivity index (χ0v) is 13.0. The monoisotopic (exact) mass is 304 g/mol. The molecule has 1 amide bonds. The van der Waals surface area contributed by atoms with Gasteiger partial charge in [-0.2, -0.15) is 0 Å². The second kappa shape index (κ2) is 4.67. The molecule has 21 heavy (non-hydrogen) atoms. The Morgan fingerprint density at radius 2 is 2.10 bits per heavy atom. The molecule has 0 aliphatic heterocycles. The molecule has 0 aromatic carbocycles. The van der Waals surface area contributed by atoms with Crippen LogP contribution in [-0.4, -0.2) is 16.7 Å². The summed E-state index contributed by atoms with van der Waals surface area (Å²) in [6.45, 7) is 5.92. The van der Waals surface area contributed by atoms with Gasteiger partial charge in [-0.1, -0.05) is 25.4 Å². The van der Waals surface area contributed by atoms with Gasteiger partial charge in [0.15, 0.2) is 5.78 Å². The number of pyridine rings is 1. The first kappa shape index (κ1) is 14.3. The van der Waals surface area contributed by atoms with Crippen molar-refractivity contribution in [3.05, 3.63) is 40.3 Å². The van der Waals surface area contributed by atoms with E-state index < -0.39 is 0 Å². The third kappa shape index (κ3) is 2.27. The summed E-state index contributed by atoms with van der Waals surface area (Å²) in [5.74, 6) is 0.563. The number of Topliss-reactive ketones (excluding diaryl/α,β-unsaturated/α-hetero) is 1. The summed E-state index contributed by atoms with van der Waals surface area (Å²) in [6, 6.07) is 3.20. The van der Waals surface area contributed by atoms with Gasteiger partial charge in [0.2, 0.25) is 0 Å². The maximum absolute atomic E-state index is 12.2. The molecule has 0 saturated heterocycles. The van der Waals surface area contributed by atoms with E-state index in [4.69, 9.17) is 11.6 Å². The van der Waals surface area contributed by atoms with Crippen LogP contribution in [0.25, 0.3) is 0 Å². The third-order valence-electron chi connectivity index (χ3n) is 4.74. The maximum atomic E-state index is 12.2. The molecule has 1 aromatic heterocycles. The summed E-state index contributed by atoms with van der Waals surface area (Å²) in [5, 5.41) is 3.23. The van der Waals surface area contributed by atoms with E-state index in [1.165, 1.54) is 6.20 Å². The fourth-order valence-electron chi connectivity index (χ4n) is 3.48.